The van der Waals surface area contributed by atoms with Gasteiger partial charge in [-0.2, -0.15) is 0 Å². The number of hydrogen-bond donors (Lipinski definition) is 0. The van der Waals surface area contributed by atoms with Crippen LogP contribution in [0.3, 0.4) is 0 Å². The Morgan fingerprint density at radius 1 is 1.20 bits per heavy atom. The van der Waals surface area contributed by atoms with Crippen LogP contribution in [-0.4, -0.2) is 11.2 Å². The Bertz CT molecular complexity index is 476. The van der Waals surface area contributed by atoms with Gasteiger partial charge in [-0.05, 0) is 56.1 Å². The highest BCUT2D eigenvalue weighted by molar-refractivity contribution is 9.11. The van der Waals surface area contributed by atoms with Gasteiger partial charge in [0.2, 0.25) is 0 Å². The first-order valence-corrected chi connectivity index (χ1v) is 6.55. The van der Waals surface area contributed by atoms with Crippen molar-refractivity contribution in [3.63, 3.8) is 0 Å². The normalized spacial score (nSPS) is 11.1. The lowest BCUT2D eigenvalue weighted by Gasteiger charge is -1.91. The minimum atomic E-state index is 0.711. The molecular weight excluding hydrogens is 340 g/mol. The number of pyridine rings is 1. The molecule has 0 aliphatic rings. The zero-order valence-corrected chi connectivity index (χ0v) is 11.5. The van der Waals surface area contributed by atoms with Crippen molar-refractivity contribution < 1.29 is 0 Å². The van der Waals surface area contributed by atoms with Gasteiger partial charge >= 0.3 is 0 Å². The van der Waals surface area contributed by atoms with Crippen molar-refractivity contribution in [2.24, 2.45) is 4.99 Å². The van der Waals surface area contributed by atoms with Gasteiger partial charge < -0.3 is 0 Å². The third-order valence-electron chi connectivity index (χ3n) is 1.63. The van der Waals surface area contributed by atoms with Crippen LogP contribution in [0.25, 0.3) is 0 Å². The van der Waals surface area contributed by atoms with Crippen LogP contribution in [-0.2, 0) is 0 Å². The average Bonchev–Trinajstić information content (AvgIpc) is 2.64. The predicted octanol–water partition coefficient (Wildman–Crippen LogP) is 4.42. The van der Waals surface area contributed by atoms with Gasteiger partial charge in [-0.15, -0.1) is 11.3 Å². The van der Waals surface area contributed by atoms with E-state index in [1.807, 2.05) is 30.5 Å². The SMILES string of the molecule is Brc1ccc(N=Cc2ccc(Br)s2)nc1. The highest BCUT2D eigenvalue weighted by Crippen LogP contribution is 2.21. The fraction of sp³-hybridized carbons (Fsp3) is 0. The molecule has 0 aliphatic carbocycles. The topological polar surface area (TPSA) is 25.2 Å². The Morgan fingerprint density at radius 2 is 2.07 bits per heavy atom. The molecule has 0 saturated heterocycles. The van der Waals surface area contributed by atoms with Crippen molar-refractivity contribution >= 4 is 55.2 Å². The monoisotopic (exact) mass is 344 g/mol. The molecule has 0 aromatic carbocycles. The molecule has 0 radical (unpaired) electrons. The maximum atomic E-state index is 4.26. The Kier molecular flexibility index (Phi) is 3.66. The van der Waals surface area contributed by atoms with Gasteiger partial charge in [0.25, 0.3) is 0 Å². The molecule has 15 heavy (non-hydrogen) atoms. The van der Waals surface area contributed by atoms with E-state index in [1.54, 1.807) is 17.5 Å². The fourth-order valence-corrected chi connectivity index (χ4v) is 2.50. The number of aliphatic imine (C=N–C) groups is 1. The third kappa shape index (κ3) is 3.22. The first kappa shape index (κ1) is 11.0. The molecule has 0 saturated carbocycles. The van der Waals surface area contributed by atoms with Gasteiger partial charge in [0.05, 0.1) is 3.79 Å². The number of thiophene rings is 1. The van der Waals surface area contributed by atoms with Gasteiger partial charge in [-0.1, -0.05) is 0 Å². The number of hydrogen-bond acceptors (Lipinski definition) is 3. The lowest BCUT2D eigenvalue weighted by molar-refractivity contribution is 1.27. The van der Waals surface area contributed by atoms with Crippen LogP contribution in [0.1, 0.15) is 4.88 Å². The Hall–Kier alpha value is -0.520. The lowest BCUT2D eigenvalue weighted by atomic mass is 10.4. The van der Waals surface area contributed by atoms with Crippen LogP contribution < -0.4 is 0 Å². The zero-order valence-electron chi connectivity index (χ0n) is 7.52. The fourth-order valence-electron chi connectivity index (χ4n) is 0.972. The summed E-state index contributed by atoms with van der Waals surface area (Å²) in [6.07, 6.45) is 3.54. The molecule has 76 valence electrons. The first-order chi connectivity index (χ1) is 7.24. The maximum absolute atomic E-state index is 4.26. The van der Waals surface area contributed by atoms with Crippen molar-refractivity contribution in [1.82, 2.24) is 4.98 Å². The number of rotatable bonds is 2. The van der Waals surface area contributed by atoms with Gasteiger partial charge in [0.15, 0.2) is 5.82 Å². The lowest BCUT2D eigenvalue weighted by Crippen LogP contribution is -1.75. The summed E-state index contributed by atoms with van der Waals surface area (Å²) in [7, 11) is 0. The molecular formula is C10H6Br2N2S. The highest BCUT2D eigenvalue weighted by atomic mass is 79.9. The standard InChI is InChI=1S/C10H6Br2N2S/c11-7-1-4-10(13-5-7)14-6-8-2-3-9(12)15-8/h1-6H. The van der Waals surface area contributed by atoms with E-state index >= 15 is 0 Å². The molecule has 2 aromatic heterocycles. The van der Waals surface area contributed by atoms with Crippen LogP contribution in [0, 0.1) is 0 Å². The molecule has 2 heterocycles. The van der Waals surface area contributed by atoms with Gasteiger partial charge in [-0.3, -0.25) is 0 Å². The van der Waals surface area contributed by atoms with Crippen molar-refractivity contribution in [2.45, 2.75) is 0 Å². The molecule has 2 aromatic rings. The van der Waals surface area contributed by atoms with E-state index in [1.165, 1.54) is 0 Å². The van der Waals surface area contributed by atoms with Crippen LogP contribution >= 0.6 is 43.2 Å². The summed E-state index contributed by atoms with van der Waals surface area (Å²) in [5, 5.41) is 0. The van der Waals surface area contributed by atoms with Crippen molar-refractivity contribution in [1.29, 1.82) is 0 Å². The second-order valence-electron chi connectivity index (χ2n) is 2.73. The zero-order chi connectivity index (χ0) is 10.7. The molecule has 0 unspecified atom stereocenters. The molecule has 0 atom stereocenters. The van der Waals surface area contributed by atoms with E-state index in [0.29, 0.717) is 5.82 Å². The quantitative estimate of drug-likeness (QED) is 0.739. The Balaban J connectivity index is 2.14. The minimum Gasteiger partial charge on any atom is -0.236 e. The summed E-state index contributed by atoms with van der Waals surface area (Å²) < 4.78 is 2.06. The largest absolute Gasteiger partial charge is 0.236 e. The van der Waals surface area contributed by atoms with Crippen LogP contribution in [0.15, 0.2) is 43.7 Å². The average molecular weight is 346 g/mol. The summed E-state index contributed by atoms with van der Waals surface area (Å²) in [6.45, 7) is 0. The maximum Gasteiger partial charge on any atom is 0.151 e. The predicted molar refractivity (Wildman–Crippen MR) is 71.2 cm³/mol. The Morgan fingerprint density at radius 3 is 2.67 bits per heavy atom. The molecule has 0 bridgehead atoms. The summed E-state index contributed by atoms with van der Waals surface area (Å²) in [5.74, 6) is 0.711. The van der Waals surface area contributed by atoms with E-state index in [9.17, 15) is 0 Å². The van der Waals surface area contributed by atoms with E-state index in [2.05, 4.69) is 41.8 Å². The molecule has 2 rings (SSSR count). The number of halogens is 2. The number of nitrogens with zero attached hydrogens (tertiary/aromatic N) is 2. The molecule has 5 heteroatoms. The second-order valence-corrected chi connectivity index (χ2v) is 6.14. The third-order valence-corrected chi connectivity index (χ3v) is 3.66. The van der Waals surface area contributed by atoms with Gasteiger partial charge in [-0.25, -0.2) is 9.98 Å². The number of aromatic nitrogens is 1. The Labute approximate surface area is 108 Å². The molecule has 0 amide bonds. The van der Waals surface area contributed by atoms with Crippen molar-refractivity contribution in [3.05, 3.63) is 43.6 Å². The van der Waals surface area contributed by atoms with Crippen LogP contribution in [0.2, 0.25) is 0 Å². The molecule has 0 aliphatic heterocycles. The smallest absolute Gasteiger partial charge is 0.151 e. The summed E-state index contributed by atoms with van der Waals surface area (Å²) in [6, 6.07) is 7.80. The molecule has 0 spiro atoms. The van der Waals surface area contributed by atoms with Crippen LogP contribution in [0.4, 0.5) is 5.82 Å². The highest BCUT2D eigenvalue weighted by Gasteiger charge is 1.94. The molecule has 0 fully saturated rings. The van der Waals surface area contributed by atoms with Gasteiger partial charge in [0.1, 0.15) is 0 Å². The van der Waals surface area contributed by atoms with Crippen molar-refractivity contribution in [2.75, 3.05) is 0 Å². The summed E-state index contributed by atoms with van der Waals surface area (Å²) in [4.78, 5) is 9.52. The van der Waals surface area contributed by atoms with E-state index in [-0.39, 0.29) is 0 Å². The minimum absolute atomic E-state index is 0.711. The molecule has 2 nitrogen and oxygen atoms in total. The van der Waals surface area contributed by atoms with Crippen LogP contribution in [0.5, 0.6) is 0 Å². The van der Waals surface area contributed by atoms with Crippen molar-refractivity contribution in [3.8, 4) is 0 Å². The molecule has 0 N–H and O–H groups in total. The summed E-state index contributed by atoms with van der Waals surface area (Å²) in [5.41, 5.74) is 0. The first-order valence-electron chi connectivity index (χ1n) is 4.15. The van der Waals surface area contributed by atoms with E-state index in [0.717, 1.165) is 13.1 Å². The van der Waals surface area contributed by atoms with E-state index in [4.69, 9.17) is 0 Å². The van der Waals surface area contributed by atoms with Gasteiger partial charge in [0, 0.05) is 21.8 Å². The second kappa shape index (κ2) is 5.01. The van der Waals surface area contributed by atoms with E-state index < -0.39 is 0 Å². The summed E-state index contributed by atoms with van der Waals surface area (Å²) >= 11 is 8.37.